The maximum absolute atomic E-state index is 11.2. The Balaban J connectivity index is 1.41. The fraction of sp³-hybridized carbons (Fsp3) is 0.600. The number of hydrogen-bond donors (Lipinski definition) is 2. The number of nitrogens with zero attached hydrogens (tertiary/aromatic N) is 2. The third kappa shape index (κ3) is 3.28. The van der Waals surface area contributed by atoms with Crippen LogP contribution in [0.5, 0.6) is 0 Å². The van der Waals surface area contributed by atoms with Crippen molar-refractivity contribution in [1.29, 1.82) is 0 Å². The third-order valence-electron chi connectivity index (χ3n) is 4.21. The lowest BCUT2D eigenvalue weighted by molar-refractivity contribution is -0.119. The first-order valence-corrected chi connectivity index (χ1v) is 7.50. The van der Waals surface area contributed by atoms with Crippen LogP contribution >= 0.6 is 0 Å². The van der Waals surface area contributed by atoms with Crippen LogP contribution in [0.25, 0.3) is 0 Å². The average molecular weight is 274 g/mol. The summed E-state index contributed by atoms with van der Waals surface area (Å²) in [5.74, 6) is 1.27. The van der Waals surface area contributed by atoms with E-state index in [4.69, 9.17) is 0 Å². The van der Waals surface area contributed by atoms with Crippen molar-refractivity contribution in [2.45, 2.75) is 37.8 Å². The van der Waals surface area contributed by atoms with Crippen molar-refractivity contribution in [2.75, 3.05) is 24.5 Å². The standard InChI is InChI=1S/C15H22N4O/c20-15-5-4-13(18-15)11-17-12-6-9-19(10-7-12)14-3-1-2-8-16-14/h1-3,8,12-13,17H,4-7,9-11H2,(H,18,20). The number of nitrogens with one attached hydrogen (secondary N) is 2. The van der Waals surface area contributed by atoms with Gasteiger partial charge >= 0.3 is 0 Å². The molecular weight excluding hydrogens is 252 g/mol. The SMILES string of the molecule is O=C1CCC(CNC2CCN(c3ccccn3)CC2)N1. The van der Waals surface area contributed by atoms with Gasteiger partial charge in [0.2, 0.25) is 5.91 Å². The van der Waals surface area contributed by atoms with Crippen LogP contribution < -0.4 is 15.5 Å². The number of pyridine rings is 1. The first-order valence-electron chi connectivity index (χ1n) is 7.50. The van der Waals surface area contributed by atoms with Crippen molar-refractivity contribution in [2.24, 2.45) is 0 Å². The van der Waals surface area contributed by atoms with E-state index in [1.807, 2.05) is 18.3 Å². The second-order valence-corrected chi connectivity index (χ2v) is 5.66. The van der Waals surface area contributed by atoms with E-state index in [1.54, 1.807) is 0 Å². The Hall–Kier alpha value is -1.62. The summed E-state index contributed by atoms with van der Waals surface area (Å²) >= 11 is 0. The normalized spacial score (nSPS) is 23.9. The van der Waals surface area contributed by atoms with Crippen molar-refractivity contribution in [1.82, 2.24) is 15.6 Å². The highest BCUT2D eigenvalue weighted by atomic mass is 16.1. The van der Waals surface area contributed by atoms with E-state index < -0.39 is 0 Å². The molecule has 1 atom stereocenters. The van der Waals surface area contributed by atoms with Crippen LogP contribution in [-0.4, -0.2) is 42.6 Å². The topological polar surface area (TPSA) is 57.3 Å². The smallest absolute Gasteiger partial charge is 0.220 e. The van der Waals surface area contributed by atoms with Gasteiger partial charge in [-0.05, 0) is 31.4 Å². The maximum atomic E-state index is 11.2. The van der Waals surface area contributed by atoms with Gasteiger partial charge in [-0.25, -0.2) is 4.98 Å². The summed E-state index contributed by atoms with van der Waals surface area (Å²) in [6, 6.07) is 6.95. The van der Waals surface area contributed by atoms with Gasteiger partial charge in [0, 0.05) is 44.3 Å². The molecule has 5 nitrogen and oxygen atoms in total. The minimum absolute atomic E-state index is 0.196. The van der Waals surface area contributed by atoms with Gasteiger partial charge in [0.1, 0.15) is 5.82 Å². The van der Waals surface area contributed by atoms with Crippen LogP contribution in [0.1, 0.15) is 25.7 Å². The van der Waals surface area contributed by atoms with Crippen molar-refractivity contribution < 1.29 is 4.79 Å². The van der Waals surface area contributed by atoms with E-state index in [1.165, 1.54) is 0 Å². The molecule has 0 aromatic carbocycles. The quantitative estimate of drug-likeness (QED) is 0.857. The van der Waals surface area contributed by atoms with Crippen LogP contribution in [0.15, 0.2) is 24.4 Å². The Morgan fingerprint density at radius 2 is 2.15 bits per heavy atom. The Morgan fingerprint density at radius 1 is 1.30 bits per heavy atom. The molecule has 5 heteroatoms. The molecule has 1 aromatic rings. The Kier molecular flexibility index (Phi) is 4.16. The summed E-state index contributed by atoms with van der Waals surface area (Å²) in [6.07, 6.45) is 5.78. The van der Waals surface area contributed by atoms with Crippen LogP contribution in [0.3, 0.4) is 0 Å². The number of aromatic nitrogens is 1. The summed E-state index contributed by atoms with van der Waals surface area (Å²) in [5.41, 5.74) is 0. The van der Waals surface area contributed by atoms with Gasteiger partial charge in [-0.2, -0.15) is 0 Å². The van der Waals surface area contributed by atoms with Gasteiger partial charge in [0.25, 0.3) is 0 Å². The van der Waals surface area contributed by atoms with Gasteiger partial charge < -0.3 is 15.5 Å². The molecule has 1 amide bonds. The molecule has 108 valence electrons. The average Bonchev–Trinajstić information content (AvgIpc) is 2.92. The fourth-order valence-corrected chi connectivity index (χ4v) is 2.99. The van der Waals surface area contributed by atoms with E-state index in [9.17, 15) is 4.79 Å². The Labute approximate surface area is 119 Å². The summed E-state index contributed by atoms with van der Waals surface area (Å²) < 4.78 is 0. The molecule has 0 aliphatic carbocycles. The van der Waals surface area contributed by atoms with Crippen molar-refractivity contribution >= 4 is 11.7 Å². The second-order valence-electron chi connectivity index (χ2n) is 5.66. The van der Waals surface area contributed by atoms with Gasteiger partial charge in [0.15, 0.2) is 0 Å². The third-order valence-corrected chi connectivity index (χ3v) is 4.21. The van der Waals surface area contributed by atoms with Crippen molar-refractivity contribution in [3.63, 3.8) is 0 Å². The molecule has 2 N–H and O–H groups in total. The molecule has 2 saturated heterocycles. The largest absolute Gasteiger partial charge is 0.357 e. The predicted molar refractivity (Wildman–Crippen MR) is 78.6 cm³/mol. The Morgan fingerprint density at radius 3 is 2.80 bits per heavy atom. The molecule has 2 aliphatic heterocycles. The molecule has 0 radical (unpaired) electrons. The highest BCUT2D eigenvalue weighted by Crippen LogP contribution is 2.17. The van der Waals surface area contributed by atoms with Crippen LogP contribution in [0.2, 0.25) is 0 Å². The number of anilines is 1. The Bertz CT molecular complexity index is 442. The zero-order valence-corrected chi connectivity index (χ0v) is 11.7. The molecular formula is C15H22N4O. The lowest BCUT2D eigenvalue weighted by Gasteiger charge is -2.33. The molecule has 0 saturated carbocycles. The molecule has 2 aliphatic rings. The zero-order chi connectivity index (χ0) is 13.8. The van der Waals surface area contributed by atoms with E-state index in [0.717, 1.165) is 44.7 Å². The molecule has 3 heterocycles. The van der Waals surface area contributed by atoms with E-state index >= 15 is 0 Å². The maximum Gasteiger partial charge on any atom is 0.220 e. The number of amides is 1. The van der Waals surface area contributed by atoms with Gasteiger partial charge in [-0.1, -0.05) is 6.07 Å². The summed E-state index contributed by atoms with van der Waals surface area (Å²) in [5, 5.41) is 6.60. The monoisotopic (exact) mass is 274 g/mol. The minimum Gasteiger partial charge on any atom is -0.357 e. The molecule has 0 spiro atoms. The second kappa shape index (κ2) is 6.22. The van der Waals surface area contributed by atoms with Gasteiger partial charge in [-0.3, -0.25) is 4.79 Å². The first kappa shape index (κ1) is 13.4. The van der Waals surface area contributed by atoms with Crippen molar-refractivity contribution in [3.05, 3.63) is 24.4 Å². The zero-order valence-electron chi connectivity index (χ0n) is 11.7. The fourth-order valence-electron chi connectivity index (χ4n) is 2.99. The minimum atomic E-state index is 0.196. The van der Waals surface area contributed by atoms with Crippen LogP contribution in [0.4, 0.5) is 5.82 Å². The van der Waals surface area contributed by atoms with E-state index in [0.29, 0.717) is 18.5 Å². The summed E-state index contributed by atoms with van der Waals surface area (Å²) in [6.45, 7) is 3.00. The number of hydrogen-bond acceptors (Lipinski definition) is 4. The number of rotatable bonds is 4. The number of carbonyl (C=O) groups excluding carboxylic acids is 1. The van der Waals surface area contributed by atoms with Crippen LogP contribution in [0, 0.1) is 0 Å². The number of carbonyl (C=O) groups is 1. The summed E-state index contributed by atoms with van der Waals surface area (Å²) in [7, 11) is 0. The molecule has 1 unspecified atom stereocenters. The number of piperidine rings is 1. The van der Waals surface area contributed by atoms with Crippen LogP contribution in [-0.2, 0) is 4.79 Å². The molecule has 3 rings (SSSR count). The van der Waals surface area contributed by atoms with E-state index in [-0.39, 0.29) is 5.91 Å². The van der Waals surface area contributed by atoms with Gasteiger partial charge in [-0.15, -0.1) is 0 Å². The summed E-state index contributed by atoms with van der Waals surface area (Å²) in [4.78, 5) is 17.9. The lowest BCUT2D eigenvalue weighted by atomic mass is 10.0. The van der Waals surface area contributed by atoms with Crippen molar-refractivity contribution in [3.8, 4) is 0 Å². The van der Waals surface area contributed by atoms with E-state index in [2.05, 4.69) is 26.6 Å². The first-order chi connectivity index (χ1) is 9.81. The highest BCUT2D eigenvalue weighted by molar-refractivity contribution is 5.78. The highest BCUT2D eigenvalue weighted by Gasteiger charge is 2.23. The molecule has 0 bridgehead atoms. The molecule has 20 heavy (non-hydrogen) atoms. The van der Waals surface area contributed by atoms with Gasteiger partial charge in [0.05, 0.1) is 0 Å². The molecule has 1 aromatic heterocycles. The molecule has 2 fully saturated rings. The predicted octanol–water partition coefficient (Wildman–Crippen LogP) is 0.919. The lowest BCUT2D eigenvalue weighted by Crippen LogP contribution is -2.46.